The molecule has 204 valence electrons. The monoisotopic (exact) mass is 551 g/mol. The average Bonchev–Trinajstić information content (AvgIpc) is 2.60. The minimum absolute atomic E-state index is 0.309. The summed E-state index contributed by atoms with van der Waals surface area (Å²) < 4.78 is 177. The van der Waals surface area contributed by atoms with Crippen LogP contribution in [0.15, 0.2) is 0 Å². The van der Waals surface area contributed by atoms with Crippen molar-refractivity contribution < 1.29 is 75.2 Å². The van der Waals surface area contributed by atoms with Gasteiger partial charge in [-0.05, 0) is 27.2 Å². The molecule has 0 saturated carbocycles. The molecule has 0 aromatic carbocycles. The SMILES string of the molecule is CC(C)(C)OC(=O)NCCCOCC(F)(F)C(F)(F)C(F)(F)C(F)(F)COS(=O)(=O)C(F)(F)F. The van der Waals surface area contributed by atoms with E-state index in [0.29, 0.717) is 0 Å². The molecule has 1 amide bonds. The molecule has 0 aromatic rings. The molecule has 0 atom stereocenters. The van der Waals surface area contributed by atoms with Crippen molar-refractivity contribution in [2.24, 2.45) is 0 Å². The summed E-state index contributed by atoms with van der Waals surface area (Å²) in [5.41, 5.74) is -7.26. The molecule has 0 spiro atoms. The van der Waals surface area contributed by atoms with Crippen LogP contribution in [0.1, 0.15) is 27.2 Å². The normalized spacial score (nSPS) is 14.8. The van der Waals surface area contributed by atoms with Gasteiger partial charge in [0.25, 0.3) is 0 Å². The summed E-state index contributed by atoms with van der Waals surface area (Å²) in [6, 6.07) is 0. The zero-order chi connectivity index (χ0) is 27.4. The van der Waals surface area contributed by atoms with Crippen LogP contribution in [0.3, 0.4) is 0 Å². The van der Waals surface area contributed by atoms with Gasteiger partial charge >= 0.3 is 45.4 Å². The highest BCUT2D eigenvalue weighted by Gasteiger charge is 2.80. The molecule has 0 aliphatic carbocycles. The minimum Gasteiger partial charge on any atom is -0.444 e. The maximum absolute atomic E-state index is 13.6. The molecule has 19 heteroatoms. The molecule has 34 heavy (non-hydrogen) atoms. The summed E-state index contributed by atoms with van der Waals surface area (Å²) in [4.78, 5) is 11.3. The third-order valence-corrected chi connectivity index (χ3v) is 4.40. The second kappa shape index (κ2) is 10.5. The van der Waals surface area contributed by atoms with E-state index in [1.54, 1.807) is 0 Å². The van der Waals surface area contributed by atoms with Gasteiger partial charge < -0.3 is 14.8 Å². The zero-order valence-corrected chi connectivity index (χ0v) is 18.4. The Kier molecular flexibility index (Phi) is 10.0. The first-order chi connectivity index (χ1) is 14.8. The van der Waals surface area contributed by atoms with E-state index in [2.05, 4.69) is 14.2 Å². The zero-order valence-electron chi connectivity index (χ0n) is 17.6. The predicted molar refractivity (Wildman–Crippen MR) is 90.4 cm³/mol. The molecule has 1 N–H and O–H groups in total. The second-order valence-corrected chi connectivity index (χ2v) is 9.16. The third kappa shape index (κ3) is 8.24. The van der Waals surface area contributed by atoms with Crippen LogP contribution >= 0.6 is 0 Å². The molecule has 0 unspecified atom stereocenters. The number of hydrogen-bond acceptors (Lipinski definition) is 6. The Labute approximate surface area is 186 Å². The van der Waals surface area contributed by atoms with Gasteiger partial charge in [0.2, 0.25) is 0 Å². The van der Waals surface area contributed by atoms with Crippen molar-refractivity contribution in [2.45, 2.75) is 62.0 Å². The number of nitrogens with one attached hydrogen (secondary N) is 1. The van der Waals surface area contributed by atoms with E-state index in [-0.39, 0.29) is 13.0 Å². The predicted octanol–water partition coefficient (Wildman–Crippen LogP) is 4.33. The number of alkyl carbamates (subject to hydrolysis) is 1. The van der Waals surface area contributed by atoms with Crippen LogP contribution in [-0.2, 0) is 23.8 Å². The summed E-state index contributed by atoms with van der Waals surface area (Å²) in [5.74, 6) is -26.5. The highest BCUT2D eigenvalue weighted by molar-refractivity contribution is 7.87. The van der Waals surface area contributed by atoms with Gasteiger partial charge in [0, 0.05) is 13.2 Å². The van der Waals surface area contributed by atoms with E-state index in [1.165, 1.54) is 20.8 Å². The number of halogens is 11. The summed E-state index contributed by atoms with van der Waals surface area (Å²) in [7, 11) is -6.92. The van der Waals surface area contributed by atoms with E-state index in [0.717, 1.165) is 0 Å². The average molecular weight is 551 g/mol. The van der Waals surface area contributed by atoms with Crippen molar-refractivity contribution in [1.29, 1.82) is 0 Å². The molecule has 0 fully saturated rings. The van der Waals surface area contributed by atoms with Crippen LogP contribution in [0.2, 0.25) is 0 Å². The first-order valence-corrected chi connectivity index (χ1v) is 10.2. The van der Waals surface area contributed by atoms with Crippen LogP contribution < -0.4 is 5.32 Å². The van der Waals surface area contributed by atoms with Gasteiger partial charge in [0.1, 0.15) is 18.8 Å². The van der Waals surface area contributed by atoms with Crippen molar-refractivity contribution in [2.75, 3.05) is 26.4 Å². The van der Waals surface area contributed by atoms with Gasteiger partial charge in [-0.25, -0.2) is 4.79 Å². The van der Waals surface area contributed by atoms with Crippen molar-refractivity contribution in [3.05, 3.63) is 0 Å². The van der Waals surface area contributed by atoms with Gasteiger partial charge in [-0.1, -0.05) is 0 Å². The number of hydrogen-bond donors (Lipinski definition) is 1. The largest absolute Gasteiger partial charge is 0.523 e. The molecule has 0 aliphatic rings. The summed E-state index contributed by atoms with van der Waals surface area (Å²) in [5, 5.41) is 2.11. The van der Waals surface area contributed by atoms with Crippen molar-refractivity contribution in [1.82, 2.24) is 5.32 Å². The summed E-state index contributed by atoms with van der Waals surface area (Å²) >= 11 is 0. The number of carbonyl (C=O) groups is 1. The molecule has 0 aromatic heterocycles. The van der Waals surface area contributed by atoms with Gasteiger partial charge in [0.05, 0.1) is 0 Å². The molecule has 0 saturated heterocycles. The van der Waals surface area contributed by atoms with Crippen LogP contribution in [-0.4, -0.2) is 75.7 Å². The topological polar surface area (TPSA) is 90.9 Å². The maximum atomic E-state index is 13.6. The molecule has 0 rings (SSSR count). The molecule has 7 nitrogen and oxygen atoms in total. The maximum Gasteiger partial charge on any atom is 0.523 e. The Morgan fingerprint density at radius 2 is 1.24 bits per heavy atom. The van der Waals surface area contributed by atoms with Crippen LogP contribution in [0.4, 0.5) is 53.1 Å². The fourth-order valence-corrected chi connectivity index (χ4v) is 2.18. The number of carbonyl (C=O) groups excluding carboxylic acids is 1. The Bertz CT molecular complexity index is 794. The third-order valence-electron chi connectivity index (χ3n) is 3.41. The van der Waals surface area contributed by atoms with Gasteiger partial charge in [0.15, 0.2) is 0 Å². The standard InChI is InChI=1S/C15H20F11NO6S/c1-10(2,3)33-9(28)27-5-4-6-31-7-11(16,17)13(20,21)14(22,23)12(18,19)8-32-34(29,30)15(24,25)26/h4-8H2,1-3H3,(H,27,28). The molecule has 0 bridgehead atoms. The Hall–Kier alpha value is -1.63. The van der Waals surface area contributed by atoms with Crippen LogP contribution in [0, 0.1) is 0 Å². The van der Waals surface area contributed by atoms with Gasteiger partial charge in [-0.15, -0.1) is 0 Å². The van der Waals surface area contributed by atoms with Crippen molar-refractivity contribution >= 4 is 16.2 Å². The first kappa shape index (κ1) is 32.4. The molecule has 0 heterocycles. The Morgan fingerprint density at radius 3 is 1.65 bits per heavy atom. The van der Waals surface area contributed by atoms with Crippen molar-refractivity contribution in [3.8, 4) is 0 Å². The Balaban J connectivity index is 5.04. The molecular weight excluding hydrogens is 531 g/mol. The lowest BCUT2D eigenvalue weighted by molar-refractivity contribution is -0.374. The van der Waals surface area contributed by atoms with Crippen molar-refractivity contribution in [3.63, 3.8) is 0 Å². The lowest BCUT2D eigenvalue weighted by atomic mass is 9.99. The molecule has 0 radical (unpaired) electrons. The lowest BCUT2D eigenvalue weighted by Crippen LogP contribution is -2.64. The highest BCUT2D eigenvalue weighted by atomic mass is 32.2. The van der Waals surface area contributed by atoms with E-state index in [1.807, 2.05) is 0 Å². The van der Waals surface area contributed by atoms with Crippen LogP contribution in [0.5, 0.6) is 0 Å². The fourth-order valence-electron chi connectivity index (χ4n) is 1.74. The minimum atomic E-state index is -7.08. The summed E-state index contributed by atoms with van der Waals surface area (Å²) in [6.07, 6.45) is -1.28. The smallest absolute Gasteiger partial charge is 0.444 e. The number of ether oxygens (including phenoxy) is 2. The quantitative estimate of drug-likeness (QED) is 0.168. The highest BCUT2D eigenvalue weighted by Crippen LogP contribution is 2.53. The Morgan fingerprint density at radius 1 is 0.794 bits per heavy atom. The lowest BCUT2D eigenvalue weighted by Gasteiger charge is -2.36. The van der Waals surface area contributed by atoms with Crippen LogP contribution in [0.25, 0.3) is 0 Å². The fraction of sp³-hybridized carbons (Fsp3) is 0.933. The van der Waals surface area contributed by atoms with E-state index >= 15 is 0 Å². The second-order valence-electron chi connectivity index (χ2n) is 7.55. The van der Waals surface area contributed by atoms with Gasteiger partial charge in [-0.3, -0.25) is 4.18 Å². The van der Waals surface area contributed by atoms with Gasteiger partial charge in [-0.2, -0.15) is 56.7 Å². The van der Waals surface area contributed by atoms with E-state index in [9.17, 15) is 61.5 Å². The number of amides is 1. The first-order valence-electron chi connectivity index (χ1n) is 8.82. The number of rotatable bonds is 12. The molecule has 0 aliphatic heterocycles. The summed E-state index contributed by atoms with van der Waals surface area (Å²) in [6.45, 7) is -2.67. The number of alkyl halides is 11. The van der Waals surface area contributed by atoms with E-state index < -0.39 is 70.8 Å². The van der Waals surface area contributed by atoms with E-state index in [4.69, 9.17) is 4.74 Å². The molecular formula is C15H20F11NO6S.